The van der Waals surface area contributed by atoms with E-state index in [-0.39, 0.29) is 17.2 Å². The number of hydrogen-bond acceptors (Lipinski definition) is 4. The molecule has 1 spiro atoms. The van der Waals surface area contributed by atoms with Crippen molar-refractivity contribution >= 4 is 15.9 Å². The highest BCUT2D eigenvalue weighted by atomic mass is 32.2. The average molecular weight is 338 g/mol. The molecule has 1 saturated heterocycles. The van der Waals surface area contributed by atoms with Crippen LogP contribution >= 0.6 is 0 Å². The Labute approximate surface area is 136 Å². The summed E-state index contributed by atoms with van der Waals surface area (Å²) in [6.45, 7) is 1.39. The van der Waals surface area contributed by atoms with Gasteiger partial charge in [-0.1, -0.05) is 12.1 Å². The standard InChI is InChI=1S/C16H22N2O4S/c1-17-15(19)14-5-3-13(4-6-14)11-23(20,21)18-9-10-22-12-16(18)7-2-8-16/h3-6H,2,7-12H2,1H3,(H,17,19). The molecule has 1 aliphatic heterocycles. The van der Waals surface area contributed by atoms with Gasteiger partial charge in [-0.15, -0.1) is 0 Å². The van der Waals surface area contributed by atoms with Crippen molar-refractivity contribution in [1.82, 2.24) is 9.62 Å². The van der Waals surface area contributed by atoms with Gasteiger partial charge in [-0.25, -0.2) is 8.42 Å². The molecule has 6 nitrogen and oxygen atoms in total. The van der Waals surface area contributed by atoms with Gasteiger partial charge in [0.15, 0.2) is 0 Å². The van der Waals surface area contributed by atoms with Gasteiger partial charge in [0.25, 0.3) is 5.91 Å². The third-order valence-corrected chi connectivity index (χ3v) is 6.69. The molecule has 2 fully saturated rings. The third-order valence-electron chi connectivity index (χ3n) is 4.75. The second-order valence-corrected chi connectivity index (χ2v) is 8.13. The van der Waals surface area contributed by atoms with Crippen LogP contribution in [0.2, 0.25) is 0 Å². The SMILES string of the molecule is CNC(=O)c1ccc(CS(=O)(=O)N2CCOCC23CCC3)cc1. The second kappa shape index (κ2) is 6.22. The number of morpholine rings is 1. The number of benzene rings is 1. The van der Waals surface area contributed by atoms with Crippen molar-refractivity contribution in [3.05, 3.63) is 35.4 Å². The molecule has 2 aliphatic rings. The number of carbonyl (C=O) groups is 1. The van der Waals surface area contributed by atoms with Gasteiger partial charge < -0.3 is 10.1 Å². The van der Waals surface area contributed by atoms with Gasteiger partial charge in [-0.2, -0.15) is 4.31 Å². The summed E-state index contributed by atoms with van der Waals surface area (Å²) < 4.78 is 32.8. The van der Waals surface area contributed by atoms with Crippen molar-refractivity contribution in [1.29, 1.82) is 0 Å². The minimum Gasteiger partial charge on any atom is -0.378 e. The molecule has 1 saturated carbocycles. The Morgan fingerprint density at radius 2 is 2.00 bits per heavy atom. The molecular formula is C16H22N2O4S. The molecule has 0 unspecified atom stereocenters. The Bertz CT molecular complexity index is 681. The van der Waals surface area contributed by atoms with Gasteiger partial charge in [0.2, 0.25) is 10.0 Å². The van der Waals surface area contributed by atoms with E-state index in [0.29, 0.717) is 30.9 Å². The van der Waals surface area contributed by atoms with Crippen molar-refractivity contribution in [2.45, 2.75) is 30.6 Å². The second-order valence-electron chi connectivity index (χ2n) is 6.23. The normalized spacial score (nSPS) is 20.9. The fourth-order valence-corrected chi connectivity index (χ4v) is 5.26. The molecule has 1 aliphatic carbocycles. The van der Waals surface area contributed by atoms with Crippen LogP contribution in [-0.4, -0.2) is 51.0 Å². The lowest BCUT2D eigenvalue weighted by atomic mass is 9.77. The molecule has 0 radical (unpaired) electrons. The Morgan fingerprint density at radius 3 is 2.57 bits per heavy atom. The topological polar surface area (TPSA) is 75.7 Å². The van der Waals surface area contributed by atoms with Crippen molar-refractivity contribution < 1.29 is 17.9 Å². The smallest absolute Gasteiger partial charge is 0.251 e. The highest BCUT2D eigenvalue weighted by Crippen LogP contribution is 2.41. The van der Waals surface area contributed by atoms with Crippen molar-refractivity contribution in [3.63, 3.8) is 0 Å². The van der Waals surface area contributed by atoms with Crippen LogP contribution in [0.4, 0.5) is 0 Å². The van der Waals surface area contributed by atoms with Crippen LogP contribution in [0.25, 0.3) is 0 Å². The molecule has 0 aromatic heterocycles. The number of amides is 1. The molecular weight excluding hydrogens is 316 g/mol. The lowest BCUT2D eigenvalue weighted by Crippen LogP contribution is -2.62. The first-order valence-corrected chi connectivity index (χ1v) is 9.47. The summed E-state index contributed by atoms with van der Waals surface area (Å²) in [4.78, 5) is 11.5. The molecule has 1 amide bonds. The van der Waals surface area contributed by atoms with Crippen LogP contribution in [0, 0.1) is 0 Å². The van der Waals surface area contributed by atoms with E-state index in [1.807, 2.05) is 0 Å². The average Bonchev–Trinajstić information content (AvgIpc) is 2.53. The first-order chi connectivity index (χ1) is 11.0. The van der Waals surface area contributed by atoms with Gasteiger partial charge in [0, 0.05) is 19.2 Å². The van der Waals surface area contributed by atoms with Crippen LogP contribution in [0.1, 0.15) is 35.2 Å². The van der Waals surface area contributed by atoms with E-state index in [1.54, 1.807) is 35.6 Å². The Morgan fingerprint density at radius 1 is 1.30 bits per heavy atom. The number of sulfonamides is 1. The number of rotatable bonds is 4. The predicted octanol–water partition coefficient (Wildman–Crippen LogP) is 1.13. The summed E-state index contributed by atoms with van der Waals surface area (Å²) in [5.74, 6) is -0.219. The van der Waals surface area contributed by atoms with Gasteiger partial charge >= 0.3 is 0 Å². The molecule has 1 aromatic rings. The largest absolute Gasteiger partial charge is 0.378 e. The minimum absolute atomic E-state index is 0.0389. The quantitative estimate of drug-likeness (QED) is 0.893. The zero-order valence-electron chi connectivity index (χ0n) is 13.2. The fraction of sp³-hybridized carbons (Fsp3) is 0.562. The maximum absolute atomic E-state index is 12.8. The molecule has 3 rings (SSSR count). The Balaban J connectivity index is 1.76. The molecule has 7 heteroatoms. The van der Waals surface area contributed by atoms with E-state index in [4.69, 9.17) is 4.74 Å². The lowest BCUT2D eigenvalue weighted by Gasteiger charge is -2.51. The van der Waals surface area contributed by atoms with E-state index < -0.39 is 10.0 Å². The highest BCUT2D eigenvalue weighted by molar-refractivity contribution is 7.88. The molecule has 126 valence electrons. The molecule has 0 atom stereocenters. The number of hydrogen-bond donors (Lipinski definition) is 1. The summed E-state index contributed by atoms with van der Waals surface area (Å²) >= 11 is 0. The summed E-state index contributed by atoms with van der Waals surface area (Å²) in [6.07, 6.45) is 2.81. The highest BCUT2D eigenvalue weighted by Gasteiger charge is 2.49. The molecule has 0 bridgehead atoms. The molecule has 23 heavy (non-hydrogen) atoms. The first kappa shape index (κ1) is 16.4. The maximum atomic E-state index is 12.8. The van der Waals surface area contributed by atoms with E-state index in [1.165, 1.54) is 0 Å². The fourth-order valence-electron chi connectivity index (χ4n) is 3.32. The number of carbonyl (C=O) groups excluding carboxylic acids is 1. The van der Waals surface area contributed by atoms with E-state index in [2.05, 4.69) is 5.32 Å². The van der Waals surface area contributed by atoms with Crippen LogP contribution in [0.3, 0.4) is 0 Å². The predicted molar refractivity (Wildman–Crippen MR) is 86.6 cm³/mol. The summed E-state index contributed by atoms with van der Waals surface area (Å²) in [5.41, 5.74) is 0.896. The zero-order chi connectivity index (χ0) is 16.5. The van der Waals surface area contributed by atoms with Crippen molar-refractivity contribution in [2.24, 2.45) is 0 Å². The number of ether oxygens (including phenoxy) is 1. The Kier molecular flexibility index (Phi) is 4.44. The zero-order valence-corrected chi connectivity index (χ0v) is 14.1. The molecule has 1 aromatic carbocycles. The van der Waals surface area contributed by atoms with Gasteiger partial charge in [0.05, 0.1) is 24.5 Å². The van der Waals surface area contributed by atoms with Gasteiger partial charge in [-0.05, 0) is 37.0 Å². The van der Waals surface area contributed by atoms with Gasteiger partial charge in [0.1, 0.15) is 0 Å². The third kappa shape index (κ3) is 3.13. The molecule has 1 heterocycles. The van der Waals surface area contributed by atoms with Crippen molar-refractivity contribution in [3.8, 4) is 0 Å². The van der Waals surface area contributed by atoms with Crippen LogP contribution in [0.5, 0.6) is 0 Å². The minimum atomic E-state index is -3.39. The van der Waals surface area contributed by atoms with Crippen molar-refractivity contribution in [2.75, 3.05) is 26.8 Å². The summed E-state index contributed by atoms with van der Waals surface area (Å²) in [7, 11) is -1.82. The van der Waals surface area contributed by atoms with E-state index in [0.717, 1.165) is 19.3 Å². The first-order valence-electron chi connectivity index (χ1n) is 7.86. The van der Waals surface area contributed by atoms with Crippen LogP contribution in [-0.2, 0) is 20.5 Å². The van der Waals surface area contributed by atoms with Gasteiger partial charge in [-0.3, -0.25) is 4.79 Å². The number of nitrogens with zero attached hydrogens (tertiary/aromatic N) is 1. The van der Waals surface area contributed by atoms with Crippen LogP contribution < -0.4 is 5.32 Å². The Hall–Kier alpha value is -1.44. The van der Waals surface area contributed by atoms with Crippen LogP contribution in [0.15, 0.2) is 24.3 Å². The molecule has 1 N–H and O–H groups in total. The van der Waals surface area contributed by atoms with E-state index in [9.17, 15) is 13.2 Å². The lowest BCUT2D eigenvalue weighted by molar-refractivity contribution is -0.0650. The monoisotopic (exact) mass is 338 g/mol. The summed E-state index contributed by atoms with van der Waals surface area (Å²) in [6, 6.07) is 6.72. The number of nitrogens with one attached hydrogen (secondary N) is 1. The maximum Gasteiger partial charge on any atom is 0.251 e. The van der Waals surface area contributed by atoms with E-state index >= 15 is 0 Å². The summed E-state index contributed by atoms with van der Waals surface area (Å²) in [5, 5.41) is 2.55.